The molecule has 1 aliphatic carbocycles. The number of ether oxygens (including phenoxy) is 2. The SMILES string of the molecule is COC1(OC)C[C@H](CP(c2ccccc2)c2ccccc2)[C@H]1CP(c1ccccc1)c1ccccc1. The average Bonchev–Trinajstić information content (AvgIpc) is 2.95. The first-order valence-electron chi connectivity index (χ1n) is 12.6. The fourth-order valence-corrected chi connectivity index (χ4v) is 10.9. The Bertz CT molecular complexity index is 1120. The molecule has 36 heavy (non-hydrogen) atoms. The molecule has 0 aromatic heterocycles. The van der Waals surface area contributed by atoms with Crippen LogP contribution in [-0.4, -0.2) is 32.3 Å². The molecule has 2 nitrogen and oxygen atoms in total. The lowest BCUT2D eigenvalue weighted by Crippen LogP contribution is -2.59. The second-order valence-electron chi connectivity index (χ2n) is 9.35. The number of benzene rings is 4. The Morgan fingerprint density at radius 3 is 1.22 bits per heavy atom. The molecule has 5 rings (SSSR count). The summed E-state index contributed by atoms with van der Waals surface area (Å²) >= 11 is 0. The third kappa shape index (κ3) is 5.34. The lowest BCUT2D eigenvalue weighted by molar-refractivity contribution is -0.301. The van der Waals surface area contributed by atoms with Crippen molar-refractivity contribution in [2.75, 3.05) is 26.5 Å². The molecular formula is C32H34O2P2. The maximum absolute atomic E-state index is 6.13. The van der Waals surface area contributed by atoms with Crippen LogP contribution in [0.25, 0.3) is 0 Å². The van der Waals surface area contributed by atoms with Crippen molar-refractivity contribution in [1.82, 2.24) is 0 Å². The molecule has 0 saturated heterocycles. The summed E-state index contributed by atoms with van der Waals surface area (Å²) in [5.41, 5.74) is 0. The summed E-state index contributed by atoms with van der Waals surface area (Å²) < 4.78 is 12.3. The minimum Gasteiger partial charge on any atom is -0.353 e. The van der Waals surface area contributed by atoms with Crippen molar-refractivity contribution < 1.29 is 9.47 Å². The molecule has 0 spiro atoms. The fraction of sp³-hybridized carbons (Fsp3) is 0.250. The maximum atomic E-state index is 6.13. The normalized spacial score (nSPS) is 18.8. The van der Waals surface area contributed by atoms with Crippen LogP contribution in [-0.2, 0) is 9.47 Å². The molecule has 0 radical (unpaired) electrons. The molecule has 0 bridgehead atoms. The third-order valence-corrected chi connectivity index (χ3v) is 12.7. The molecule has 1 saturated carbocycles. The van der Waals surface area contributed by atoms with E-state index in [4.69, 9.17) is 9.47 Å². The van der Waals surface area contributed by atoms with Gasteiger partial charge in [0.2, 0.25) is 0 Å². The first kappa shape index (κ1) is 25.3. The summed E-state index contributed by atoms with van der Waals surface area (Å²) in [5, 5.41) is 5.72. The Morgan fingerprint density at radius 1 is 0.556 bits per heavy atom. The maximum Gasteiger partial charge on any atom is 0.171 e. The van der Waals surface area contributed by atoms with Crippen LogP contribution in [0.4, 0.5) is 0 Å². The van der Waals surface area contributed by atoms with Gasteiger partial charge < -0.3 is 9.47 Å². The summed E-state index contributed by atoms with van der Waals surface area (Å²) in [6.45, 7) is 0. The van der Waals surface area contributed by atoms with Crippen molar-refractivity contribution in [3.63, 3.8) is 0 Å². The van der Waals surface area contributed by atoms with E-state index in [0.29, 0.717) is 11.8 Å². The zero-order valence-corrected chi connectivity index (χ0v) is 22.8. The highest BCUT2D eigenvalue weighted by Gasteiger charge is 2.56. The van der Waals surface area contributed by atoms with Gasteiger partial charge in [0.05, 0.1) is 0 Å². The van der Waals surface area contributed by atoms with E-state index in [1.54, 1.807) is 0 Å². The van der Waals surface area contributed by atoms with E-state index in [9.17, 15) is 0 Å². The van der Waals surface area contributed by atoms with Gasteiger partial charge in [-0.2, -0.15) is 0 Å². The van der Waals surface area contributed by atoms with Crippen LogP contribution >= 0.6 is 15.8 Å². The van der Waals surface area contributed by atoms with Gasteiger partial charge in [-0.05, 0) is 55.3 Å². The highest BCUT2D eigenvalue weighted by molar-refractivity contribution is 7.73. The van der Waals surface area contributed by atoms with E-state index < -0.39 is 21.6 Å². The summed E-state index contributed by atoms with van der Waals surface area (Å²) in [7, 11) is 2.65. The Kier molecular flexibility index (Phi) is 8.30. The monoisotopic (exact) mass is 512 g/mol. The van der Waals surface area contributed by atoms with Gasteiger partial charge in [0, 0.05) is 26.6 Å². The number of methoxy groups -OCH3 is 2. The Morgan fingerprint density at radius 2 is 0.889 bits per heavy atom. The highest BCUT2D eigenvalue weighted by atomic mass is 31.1. The van der Waals surface area contributed by atoms with Crippen LogP contribution in [0.3, 0.4) is 0 Å². The first-order chi connectivity index (χ1) is 17.7. The Hall–Kier alpha value is -2.34. The lowest BCUT2D eigenvalue weighted by Gasteiger charge is -2.54. The van der Waals surface area contributed by atoms with Crippen molar-refractivity contribution >= 4 is 37.1 Å². The van der Waals surface area contributed by atoms with Crippen LogP contribution < -0.4 is 21.2 Å². The molecule has 0 amide bonds. The minimum atomic E-state index is -0.528. The number of rotatable bonds is 10. The summed E-state index contributed by atoms with van der Waals surface area (Å²) in [6, 6.07) is 44.1. The molecule has 0 unspecified atom stereocenters. The summed E-state index contributed by atoms with van der Waals surface area (Å²) in [6.07, 6.45) is 3.15. The first-order valence-corrected chi connectivity index (χ1v) is 15.6. The molecule has 1 fully saturated rings. The molecule has 1 aliphatic rings. The van der Waals surface area contributed by atoms with Crippen molar-refractivity contribution in [3.05, 3.63) is 121 Å². The highest BCUT2D eigenvalue weighted by Crippen LogP contribution is 2.56. The second kappa shape index (κ2) is 11.8. The van der Waals surface area contributed by atoms with Crippen molar-refractivity contribution in [1.29, 1.82) is 0 Å². The molecule has 4 aromatic rings. The molecule has 184 valence electrons. The predicted molar refractivity (Wildman–Crippen MR) is 156 cm³/mol. The van der Waals surface area contributed by atoms with Gasteiger partial charge in [0.15, 0.2) is 5.79 Å². The van der Waals surface area contributed by atoms with Gasteiger partial charge in [-0.25, -0.2) is 0 Å². The topological polar surface area (TPSA) is 18.5 Å². The van der Waals surface area contributed by atoms with Gasteiger partial charge in [-0.15, -0.1) is 0 Å². The molecule has 0 N–H and O–H groups in total. The third-order valence-electron chi connectivity index (χ3n) is 7.44. The summed E-state index contributed by atoms with van der Waals surface area (Å²) in [5.74, 6) is 0.355. The average molecular weight is 513 g/mol. The van der Waals surface area contributed by atoms with E-state index in [0.717, 1.165) is 18.7 Å². The molecule has 0 heterocycles. The number of hydrogen-bond donors (Lipinski definition) is 0. The van der Waals surface area contributed by atoms with E-state index in [2.05, 4.69) is 121 Å². The van der Waals surface area contributed by atoms with Crippen molar-refractivity contribution in [2.24, 2.45) is 11.8 Å². The van der Waals surface area contributed by atoms with Crippen LogP contribution in [0.2, 0.25) is 0 Å². The quantitative estimate of drug-likeness (QED) is 0.195. The Labute approximate surface area is 218 Å². The molecule has 4 aromatic carbocycles. The zero-order chi connectivity index (χ0) is 24.8. The van der Waals surface area contributed by atoms with E-state index in [1.165, 1.54) is 21.2 Å². The van der Waals surface area contributed by atoms with Gasteiger partial charge in [-0.3, -0.25) is 0 Å². The van der Waals surface area contributed by atoms with E-state index in [-0.39, 0.29) is 0 Å². The number of hydrogen-bond acceptors (Lipinski definition) is 2. The molecule has 2 atom stereocenters. The van der Waals surface area contributed by atoms with Gasteiger partial charge in [-0.1, -0.05) is 121 Å². The van der Waals surface area contributed by atoms with E-state index in [1.807, 2.05) is 14.2 Å². The largest absolute Gasteiger partial charge is 0.353 e. The second-order valence-corrected chi connectivity index (χ2v) is 13.9. The standard InChI is InChI=1S/C32H34O2P2/c1-33-32(34-2)23-26(24-35(27-15-7-3-8-16-27)28-17-9-4-10-18-28)31(32)25-36(29-19-11-5-12-20-29)30-21-13-6-14-22-30/h3-22,26,31H,23-25H2,1-2H3/t26-,31-/m1/s1. The van der Waals surface area contributed by atoms with Crippen LogP contribution in [0.15, 0.2) is 121 Å². The van der Waals surface area contributed by atoms with Crippen molar-refractivity contribution in [2.45, 2.75) is 12.2 Å². The zero-order valence-electron chi connectivity index (χ0n) is 21.0. The van der Waals surface area contributed by atoms with Gasteiger partial charge in [0.25, 0.3) is 0 Å². The fourth-order valence-electron chi connectivity index (χ4n) is 5.47. The van der Waals surface area contributed by atoms with Crippen molar-refractivity contribution in [3.8, 4) is 0 Å². The van der Waals surface area contributed by atoms with Crippen LogP contribution in [0.5, 0.6) is 0 Å². The minimum absolute atomic E-state index is 0.330. The Balaban J connectivity index is 1.48. The predicted octanol–water partition coefficient (Wildman–Crippen LogP) is 5.88. The van der Waals surface area contributed by atoms with E-state index >= 15 is 0 Å². The molecule has 0 aliphatic heterocycles. The van der Waals surface area contributed by atoms with Crippen LogP contribution in [0.1, 0.15) is 6.42 Å². The summed E-state index contributed by atoms with van der Waals surface area (Å²) in [4.78, 5) is 0. The molecular weight excluding hydrogens is 478 g/mol. The molecule has 4 heteroatoms. The van der Waals surface area contributed by atoms with Gasteiger partial charge >= 0.3 is 0 Å². The van der Waals surface area contributed by atoms with Crippen LogP contribution in [0, 0.1) is 11.8 Å². The lowest BCUT2D eigenvalue weighted by atomic mass is 9.69. The smallest absolute Gasteiger partial charge is 0.171 e. The van der Waals surface area contributed by atoms with Gasteiger partial charge in [0.1, 0.15) is 0 Å².